The number of nitrogens with one attached hydrogen (secondary N) is 1. The molecule has 0 fully saturated rings. The van der Waals surface area contributed by atoms with E-state index < -0.39 is 15.3 Å². The van der Waals surface area contributed by atoms with Crippen LogP contribution in [-0.2, 0) is 10.0 Å². The van der Waals surface area contributed by atoms with E-state index in [9.17, 15) is 8.42 Å². The molecule has 1 heterocycles. The number of halogens is 1. The Hall–Kier alpha value is -1.14. The van der Waals surface area contributed by atoms with Crippen molar-refractivity contribution in [3.05, 3.63) is 17.2 Å². The van der Waals surface area contributed by atoms with Gasteiger partial charge in [-0.2, -0.15) is 0 Å². The molecule has 1 aliphatic heterocycles. The first-order valence-electron chi connectivity index (χ1n) is 5.01. The number of anilines is 1. The predicted octanol–water partition coefficient (Wildman–Crippen LogP) is 2.22. The van der Waals surface area contributed by atoms with Crippen LogP contribution in [0.15, 0.2) is 12.1 Å². The van der Waals surface area contributed by atoms with Crippen molar-refractivity contribution in [2.45, 2.75) is 19.1 Å². The Labute approximate surface area is 105 Å². The minimum Gasteiger partial charge on any atom is -0.454 e. The van der Waals surface area contributed by atoms with Gasteiger partial charge in [-0.15, -0.1) is 0 Å². The molecule has 5 nitrogen and oxygen atoms in total. The highest BCUT2D eigenvalue weighted by molar-refractivity contribution is 7.93. The lowest BCUT2D eigenvalue weighted by Gasteiger charge is -2.12. The lowest BCUT2D eigenvalue weighted by molar-refractivity contribution is 0.174. The first kappa shape index (κ1) is 12.3. The third kappa shape index (κ3) is 2.42. The van der Waals surface area contributed by atoms with Crippen molar-refractivity contribution in [2.24, 2.45) is 0 Å². The highest BCUT2D eigenvalue weighted by atomic mass is 35.5. The fourth-order valence-electron chi connectivity index (χ4n) is 1.27. The van der Waals surface area contributed by atoms with Gasteiger partial charge >= 0.3 is 0 Å². The van der Waals surface area contributed by atoms with Crippen LogP contribution < -0.4 is 14.2 Å². The summed E-state index contributed by atoms with van der Waals surface area (Å²) in [6.45, 7) is 3.29. The lowest BCUT2D eigenvalue weighted by atomic mass is 10.3. The van der Waals surface area contributed by atoms with Crippen LogP contribution in [-0.4, -0.2) is 20.5 Å². The number of benzene rings is 1. The maximum Gasteiger partial charge on any atom is 0.235 e. The molecule has 2 rings (SSSR count). The molecule has 94 valence electrons. The van der Waals surface area contributed by atoms with Crippen molar-refractivity contribution < 1.29 is 17.9 Å². The highest BCUT2D eigenvalue weighted by Gasteiger charge is 2.21. The lowest BCUT2D eigenvalue weighted by Crippen LogP contribution is -2.22. The Morgan fingerprint density at radius 2 is 1.88 bits per heavy atom. The van der Waals surface area contributed by atoms with Crippen LogP contribution >= 0.6 is 11.6 Å². The van der Waals surface area contributed by atoms with E-state index in [1.165, 1.54) is 12.1 Å². The van der Waals surface area contributed by atoms with Crippen molar-refractivity contribution in [3.8, 4) is 11.5 Å². The Morgan fingerprint density at radius 3 is 2.47 bits per heavy atom. The van der Waals surface area contributed by atoms with Crippen LogP contribution in [0.1, 0.15) is 13.8 Å². The van der Waals surface area contributed by atoms with Crippen LogP contribution in [0.25, 0.3) is 0 Å². The molecule has 1 N–H and O–H groups in total. The SMILES string of the molecule is CC(C)S(=O)(=O)Nc1cc2c(cc1Cl)OCO2. The molecule has 0 radical (unpaired) electrons. The van der Waals surface area contributed by atoms with Crippen LogP contribution in [0, 0.1) is 0 Å². The molecule has 1 aromatic carbocycles. The molecule has 0 unspecified atom stereocenters. The molecule has 0 aromatic heterocycles. The number of hydrogen-bond acceptors (Lipinski definition) is 4. The van der Waals surface area contributed by atoms with Gasteiger partial charge in [0.05, 0.1) is 16.0 Å². The second-order valence-electron chi connectivity index (χ2n) is 3.88. The Bertz CT molecular complexity index is 541. The summed E-state index contributed by atoms with van der Waals surface area (Å²) in [4.78, 5) is 0. The molecule has 1 aromatic rings. The highest BCUT2D eigenvalue weighted by Crippen LogP contribution is 2.39. The summed E-state index contributed by atoms with van der Waals surface area (Å²) in [7, 11) is -3.42. The molecule has 0 spiro atoms. The minimum absolute atomic E-state index is 0.117. The molecular weight excluding hydrogens is 266 g/mol. The molecule has 0 atom stereocenters. The van der Waals surface area contributed by atoms with Gasteiger partial charge in [-0.1, -0.05) is 11.6 Å². The van der Waals surface area contributed by atoms with Crippen LogP contribution in [0.4, 0.5) is 5.69 Å². The van der Waals surface area contributed by atoms with E-state index in [2.05, 4.69) is 4.72 Å². The number of hydrogen-bond donors (Lipinski definition) is 1. The minimum atomic E-state index is -3.42. The second-order valence-corrected chi connectivity index (χ2v) is 6.53. The van der Waals surface area contributed by atoms with Crippen molar-refractivity contribution in [2.75, 3.05) is 11.5 Å². The van der Waals surface area contributed by atoms with Gasteiger partial charge in [0.2, 0.25) is 16.8 Å². The average Bonchev–Trinajstić information content (AvgIpc) is 2.64. The third-order valence-corrected chi connectivity index (χ3v) is 4.39. The van der Waals surface area contributed by atoms with E-state index in [0.717, 1.165) is 0 Å². The van der Waals surface area contributed by atoms with Gasteiger partial charge in [0, 0.05) is 12.1 Å². The Kier molecular flexibility index (Phi) is 3.09. The van der Waals surface area contributed by atoms with Crippen LogP contribution in [0.3, 0.4) is 0 Å². The average molecular weight is 278 g/mol. The van der Waals surface area contributed by atoms with Gasteiger partial charge in [0.1, 0.15) is 0 Å². The Balaban J connectivity index is 2.35. The molecule has 0 amide bonds. The van der Waals surface area contributed by atoms with E-state index in [1.807, 2.05) is 0 Å². The smallest absolute Gasteiger partial charge is 0.235 e. The summed E-state index contributed by atoms with van der Waals surface area (Å²) in [6.07, 6.45) is 0. The zero-order valence-corrected chi connectivity index (χ0v) is 10.9. The van der Waals surface area contributed by atoms with Crippen molar-refractivity contribution in [1.82, 2.24) is 0 Å². The number of ether oxygens (including phenoxy) is 2. The predicted molar refractivity (Wildman–Crippen MR) is 65.3 cm³/mol. The summed E-state index contributed by atoms with van der Waals surface area (Å²) < 4.78 is 36.1. The van der Waals surface area contributed by atoms with Crippen molar-refractivity contribution in [3.63, 3.8) is 0 Å². The van der Waals surface area contributed by atoms with Gasteiger partial charge in [0.15, 0.2) is 11.5 Å². The molecule has 17 heavy (non-hydrogen) atoms. The van der Waals surface area contributed by atoms with Crippen LogP contribution in [0.2, 0.25) is 5.02 Å². The molecular formula is C10H12ClNO4S. The van der Waals surface area contributed by atoms with E-state index in [1.54, 1.807) is 13.8 Å². The van der Waals surface area contributed by atoms with E-state index >= 15 is 0 Å². The summed E-state index contributed by atoms with van der Waals surface area (Å²) in [6, 6.07) is 3.05. The normalized spacial score (nSPS) is 14.1. The van der Waals surface area contributed by atoms with Gasteiger partial charge in [0.25, 0.3) is 0 Å². The van der Waals surface area contributed by atoms with Crippen molar-refractivity contribution in [1.29, 1.82) is 0 Å². The van der Waals surface area contributed by atoms with E-state index in [-0.39, 0.29) is 11.8 Å². The monoisotopic (exact) mass is 277 g/mol. The van der Waals surface area contributed by atoms with Crippen LogP contribution in [0.5, 0.6) is 11.5 Å². The maximum absolute atomic E-state index is 11.7. The third-order valence-electron chi connectivity index (χ3n) is 2.34. The maximum atomic E-state index is 11.7. The summed E-state index contributed by atoms with van der Waals surface area (Å²) in [5.74, 6) is 0.998. The Morgan fingerprint density at radius 1 is 1.29 bits per heavy atom. The fraction of sp³-hybridized carbons (Fsp3) is 0.400. The zero-order valence-electron chi connectivity index (χ0n) is 9.36. The zero-order chi connectivity index (χ0) is 12.6. The number of rotatable bonds is 3. The fourth-order valence-corrected chi connectivity index (χ4v) is 2.23. The molecule has 0 aliphatic carbocycles. The topological polar surface area (TPSA) is 64.6 Å². The molecule has 0 saturated carbocycles. The first-order chi connectivity index (χ1) is 7.90. The van der Waals surface area contributed by atoms with E-state index in [4.69, 9.17) is 21.1 Å². The first-order valence-corrected chi connectivity index (χ1v) is 6.93. The molecule has 1 aliphatic rings. The molecule has 0 saturated heterocycles. The molecule has 0 bridgehead atoms. The quantitative estimate of drug-likeness (QED) is 0.920. The van der Waals surface area contributed by atoms with E-state index in [0.29, 0.717) is 17.2 Å². The standard InChI is InChI=1S/C10H12ClNO4S/c1-6(2)17(13,14)12-8-4-10-9(3-7(8)11)15-5-16-10/h3-4,6,12H,5H2,1-2H3. The second kappa shape index (κ2) is 4.27. The van der Waals surface area contributed by atoms with Gasteiger partial charge in [-0.05, 0) is 13.8 Å². The van der Waals surface area contributed by atoms with Crippen molar-refractivity contribution >= 4 is 27.3 Å². The largest absolute Gasteiger partial charge is 0.454 e. The van der Waals surface area contributed by atoms with Gasteiger partial charge in [-0.25, -0.2) is 8.42 Å². The van der Waals surface area contributed by atoms with Gasteiger partial charge < -0.3 is 9.47 Å². The summed E-state index contributed by atoms with van der Waals surface area (Å²) in [5.41, 5.74) is 0.296. The number of fused-ring (bicyclic) bond motifs is 1. The summed E-state index contributed by atoms with van der Waals surface area (Å²) in [5, 5.41) is -0.262. The number of sulfonamides is 1. The van der Waals surface area contributed by atoms with Gasteiger partial charge in [-0.3, -0.25) is 4.72 Å². The molecule has 7 heteroatoms. The summed E-state index contributed by atoms with van der Waals surface area (Å²) >= 11 is 5.96.